The molecule has 0 saturated carbocycles. The van der Waals surface area contributed by atoms with Gasteiger partial charge < -0.3 is 34.8 Å². The van der Waals surface area contributed by atoms with Crippen molar-refractivity contribution in [2.45, 2.75) is 130 Å². The van der Waals surface area contributed by atoms with Crippen molar-refractivity contribution < 1.29 is 51.0 Å². The van der Waals surface area contributed by atoms with E-state index in [4.69, 9.17) is 9.96 Å². The van der Waals surface area contributed by atoms with Gasteiger partial charge in [-0.2, -0.15) is 13.1 Å². The summed E-state index contributed by atoms with van der Waals surface area (Å²) in [5, 5.41) is 0. The van der Waals surface area contributed by atoms with Crippen LogP contribution in [0.3, 0.4) is 0 Å². The third-order valence-electron chi connectivity index (χ3n) is 4.20. The second-order valence-corrected chi connectivity index (χ2v) is 19.0. The Balaban J connectivity index is -0.000000120. The fourth-order valence-electron chi connectivity index (χ4n) is 2.61. The molecule has 176 valence electrons. The summed E-state index contributed by atoms with van der Waals surface area (Å²) < 4.78 is 0. The third kappa shape index (κ3) is 48.5. The first-order valence-electron chi connectivity index (χ1n) is 11.5. The topological polar surface area (TPSA) is 28.2 Å². The van der Waals surface area contributed by atoms with Gasteiger partial charge in [-0.05, 0) is 0 Å². The second kappa shape index (κ2) is 27.9. The molecule has 0 fully saturated rings. The molecule has 0 saturated heterocycles. The Labute approximate surface area is 219 Å². The molecule has 0 aliphatic rings. The Hall–Kier alpha value is 1.82. The SMILES string of the molecule is CCCCCCCC[N-][Si](C)(C)C.CCCCCCCC[N-][Si](C)(C)C.[Cl-].[Cl-].[Zr+4]. The standard InChI is InChI=1S/2C11H26NSi.2ClH.Zr/c2*1-5-6-7-8-9-10-11-12-13(2,3)4;;;/h2*5-11H2,1-4H3;2*1H;/q2*-1;;;+4/p-2. The molecule has 2 nitrogen and oxygen atoms in total. The average molecular weight is 563 g/mol. The van der Waals surface area contributed by atoms with E-state index in [0.29, 0.717) is 0 Å². The second-order valence-electron chi connectivity index (χ2n) is 9.64. The Bertz CT molecular complexity index is 259. The number of hydrogen-bond acceptors (Lipinski definition) is 0. The van der Waals surface area contributed by atoms with Gasteiger partial charge in [0.05, 0.1) is 0 Å². The molecular weight excluding hydrogens is 511 g/mol. The maximum Gasteiger partial charge on any atom is 4.00 e. The minimum atomic E-state index is -1.11. The maximum atomic E-state index is 4.71. The molecule has 0 rings (SSSR count). The maximum absolute atomic E-state index is 4.71. The predicted octanol–water partition coefficient (Wildman–Crippen LogP) is 3.12. The summed E-state index contributed by atoms with van der Waals surface area (Å²) in [6.07, 6.45) is 16.6. The summed E-state index contributed by atoms with van der Waals surface area (Å²) >= 11 is 0. The fourth-order valence-corrected chi connectivity index (χ4v) is 4.27. The normalized spacial score (nSPS) is 10.8. The van der Waals surface area contributed by atoms with Gasteiger partial charge in [-0.1, -0.05) is 147 Å². The molecule has 0 aromatic rings. The molecule has 0 unspecified atom stereocenters. The number of rotatable bonds is 16. The zero-order valence-electron chi connectivity index (χ0n) is 21.0. The van der Waals surface area contributed by atoms with Crippen molar-refractivity contribution in [2.75, 3.05) is 13.1 Å². The molecule has 0 bridgehead atoms. The van der Waals surface area contributed by atoms with Gasteiger partial charge in [-0.25, -0.2) is 0 Å². The van der Waals surface area contributed by atoms with E-state index in [1.54, 1.807) is 0 Å². The zero-order chi connectivity index (χ0) is 20.3. The van der Waals surface area contributed by atoms with Crippen LogP contribution < -0.4 is 24.8 Å². The van der Waals surface area contributed by atoms with Gasteiger partial charge in [-0.15, -0.1) is 0 Å². The van der Waals surface area contributed by atoms with Crippen LogP contribution in [0, 0.1) is 0 Å². The van der Waals surface area contributed by atoms with E-state index in [-0.39, 0.29) is 51.0 Å². The van der Waals surface area contributed by atoms with Crippen LogP contribution in [0.1, 0.15) is 90.9 Å². The van der Waals surface area contributed by atoms with Crippen molar-refractivity contribution in [3.8, 4) is 0 Å². The zero-order valence-corrected chi connectivity index (χ0v) is 27.0. The summed E-state index contributed by atoms with van der Waals surface area (Å²) in [7, 11) is -2.22. The number of unbranched alkanes of at least 4 members (excludes halogenated alkanes) is 10. The van der Waals surface area contributed by atoms with Crippen molar-refractivity contribution in [1.82, 2.24) is 0 Å². The van der Waals surface area contributed by atoms with E-state index in [1.807, 2.05) is 0 Å². The van der Waals surface area contributed by atoms with Crippen LogP contribution in [-0.2, 0) is 26.2 Å². The smallest absolute Gasteiger partial charge is 1.00 e. The third-order valence-corrected chi connectivity index (χ3v) is 6.54. The van der Waals surface area contributed by atoms with E-state index >= 15 is 0 Å². The van der Waals surface area contributed by atoms with E-state index in [0.717, 1.165) is 13.1 Å². The van der Waals surface area contributed by atoms with E-state index in [1.165, 1.54) is 77.0 Å². The van der Waals surface area contributed by atoms with Crippen LogP contribution >= 0.6 is 0 Å². The van der Waals surface area contributed by atoms with Crippen molar-refractivity contribution in [1.29, 1.82) is 0 Å². The Morgan fingerprint density at radius 3 is 0.931 bits per heavy atom. The summed E-state index contributed by atoms with van der Waals surface area (Å²) in [5.74, 6) is 0. The van der Waals surface area contributed by atoms with Gasteiger partial charge in [0.2, 0.25) is 0 Å². The Kier molecular flexibility index (Phi) is 39.5. The molecule has 0 aliphatic carbocycles. The minimum Gasteiger partial charge on any atom is -1.00 e. The summed E-state index contributed by atoms with van der Waals surface area (Å²) in [4.78, 5) is 9.43. The van der Waals surface area contributed by atoms with Crippen molar-refractivity contribution in [2.24, 2.45) is 0 Å². The van der Waals surface area contributed by atoms with Crippen LogP contribution in [0.5, 0.6) is 0 Å². The van der Waals surface area contributed by atoms with E-state index < -0.39 is 16.5 Å². The molecular formula is C22H52Cl2N2Si2Zr. The summed E-state index contributed by atoms with van der Waals surface area (Å²) in [5.41, 5.74) is 0. The van der Waals surface area contributed by atoms with Crippen LogP contribution in [0.15, 0.2) is 0 Å². The molecule has 0 atom stereocenters. The number of nitrogens with zero attached hydrogens (tertiary/aromatic N) is 2. The fraction of sp³-hybridized carbons (Fsp3) is 1.00. The van der Waals surface area contributed by atoms with Crippen molar-refractivity contribution in [3.63, 3.8) is 0 Å². The van der Waals surface area contributed by atoms with Gasteiger partial charge in [0, 0.05) is 0 Å². The monoisotopic (exact) mass is 560 g/mol. The van der Waals surface area contributed by atoms with Crippen LogP contribution in [0.25, 0.3) is 9.96 Å². The Morgan fingerprint density at radius 2 is 0.690 bits per heavy atom. The molecule has 0 heterocycles. The molecule has 0 spiro atoms. The molecule has 0 aromatic carbocycles. The molecule has 7 heteroatoms. The van der Waals surface area contributed by atoms with Crippen molar-refractivity contribution >= 4 is 16.5 Å². The number of hydrogen-bond donors (Lipinski definition) is 0. The Morgan fingerprint density at radius 1 is 0.448 bits per heavy atom. The average Bonchev–Trinajstić information content (AvgIpc) is 2.52. The molecule has 0 aromatic heterocycles. The van der Waals surface area contributed by atoms with Crippen LogP contribution in [-0.4, -0.2) is 29.6 Å². The van der Waals surface area contributed by atoms with E-state index in [2.05, 4.69) is 53.1 Å². The molecule has 0 aliphatic heterocycles. The largest absolute Gasteiger partial charge is 4.00 e. The first-order chi connectivity index (χ1) is 12.1. The van der Waals surface area contributed by atoms with Gasteiger partial charge in [0.25, 0.3) is 0 Å². The van der Waals surface area contributed by atoms with Gasteiger partial charge in [-0.3, -0.25) is 0 Å². The first-order valence-corrected chi connectivity index (χ1v) is 18.4. The summed E-state index contributed by atoms with van der Waals surface area (Å²) in [6.45, 7) is 20.6. The molecule has 0 amide bonds. The molecule has 0 radical (unpaired) electrons. The van der Waals surface area contributed by atoms with Gasteiger partial charge in [0.15, 0.2) is 0 Å². The summed E-state index contributed by atoms with van der Waals surface area (Å²) in [6, 6.07) is 0. The van der Waals surface area contributed by atoms with Crippen LogP contribution in [0.2, 0.25) is 39.3 Å². The quantitative estimate of drug-likeness (QED) is 0.204. The minimum absolute atomic E-state index is 0. The molecule has 0 N–H and O–H groups in total. The van der Waals surface area contributed by atoms with E-state index in [9.17, 15) is 0 Å². The number of halogens is 2. The predicted molar refractivity (Wildman–Crippen MR) is 130 cm³/mol. The first kappa shape index (κ1) is 41.1. The van der Waals surface area contributed by atoms with Crippen LogP contribution in [0.4, 0.5) is 0 Å². The van der Waals surface area contributed by atoms with Crippen molar-refractivity contribution in [3.05, 3.63) is 9.96 Å². The van der Waals surface area contributed by atoms with Gasteiger partial charge >= 0.3 is 26.2 Å². The van der Waals surface area contributed by atoms with Gasteiger partial charge in [0.1, 0.15) is 0 Å². The molecule has 29 heavy (non-hydrogen) atoms.